The fourth-order valence-corrected chi connectivity index (χ4v) is 1.28. The van der Waals surface area contributed by atoms with Crippen molar-refractivity contribution in [2.45, 2.75) is 6.18 Å². The molecule has 0 aliphatic heterocycles. The van der Waals surface area contributed by atoms with Gasteiger partial charge in [-0.3, -0.25) is 0 Å². The van der Waals surface area contributed by atoms with Crippen molar-refractivity contribution >= 4 is 12.0 Å². The van der Waals surface area contributed by atoms with Gasteiger partial charge < -0.3 is 4.74 Å². The number of esters is 1. The molecule has 0 spiro atoms. The maximum atomic E-state index is 12.7. The third kappa shape index (κ3) is 3.10. The molecular weight excluding hydrogens is 247 g/mol. The summed E-state index contributed by atoms with van der Waals surface area (Å²) >= 11 is 0. The molecule has 0 aliphatic rings. The first kappa shape index (κ1) is 13.8. The molecular formula is C12H8F3NO2. The van der Waals surface area contributed by atoms with Crippen molar-refractivity contribution < 1.29 is 22.7 Å². The Balaban J connectivity index is 3.31. The van der Waals surface area contributed by atoms with Crippen LogP contribution in [0.15, 0.2) is 29.8 Å². The SMILES string of the molecule is COC(=O)/C(C#N)=C/c1ccccc1C(F)(F)F. The van der Waals surface area contributed by atoms with Gasteiger partial charge >= 0.3 is 12.1 Å². The van der Waals surface area contributed by atoms with Gasteiger partial charge in [-0.1, -0.05) is 18.2 Å². The van der Waals surface area contributed by atoms with Crippen LogP contribution in [0.3, 0.4) is 0 Å². The number of carbonyl (C=O) groups is 1. The molecule has 0 aromatic heterocycles. The number of nitrogens with zero attached hydrogens (tertiary/aromatic N) is 1. The van der Waals surface area contributed by atoms with Gasteiger partial charge in [-0.25, -0.2) is 4.79 Å². The predicted molar refractivity (Wildman–Crippen MR) is 57.1 cm³/mol. The Morgan fingerprint density at radius 2 is 2.00 bits per heavy atom. The minimum absolute atomic E-state index is 0.257. The van der Waals surface area contributed by atoms with Gasteiger partial charge in [0.1, 0.15) is 11.6 Å². The Labute approximate surface area is 101 Å². The highest BCUT2D eigenvalue weighted by molar-refractivity contribution is 5.98. The molecule has 0 heterocycles. The summed E-state index contributed by atoms with van der Waals surface area (Å²) in [4.78, 5) is 11.1. The van der Waals surface area contributed by atoms with E-state index in [1.54, 1.807) is 0 Å². The van der Waals surface area contributed by atoms with Gasteiger partial charge in [-0.05, 0) is 17.7 Å². The zero-order valence-electron chi connectivity index (χ0n) is 9.28. The van der Waals surface area contributed by atoms with E-state index in [2.05, 4.69) is 4.74 Å². The number of halogens is 3. The lowest BCUT2D eigenvalue weighted by atomic mass is 10.0. The molecule has 0 unspecified atom stereocenters. The number of hydrogen-bond acceptors (Lipinski definition) is 3. The third-order valence-corrected chi connectivity index (χ3v) is 2.09. The molecule has 0 N–H and O–H groups in total. The fourth-order valence-electron chi connectivity index (χ4n) is 1.28. The van der Waals surface area contributed by atoms with Crippen molar-refractivity contribution in [3.8, 4) is 6.07 Å². The third-order valence-electron chi connectivity index (χ3n) is 2.09. The van der Waals surface area contributed by atoms with Crippen LogP contribution < -0.4 is 0 Å². The summed E-state index contributed by atoms with van der Waals surface area (Å²) in [5.41, 5.74) is -1.66. The summed E-state index contributed by atoms with van der Waals surface area (Å²) < 4.78 is 42.3. The molecule has 0 saturated heterocycles. The number of rotatable bonds is 2. The number of benzene rings is 1. The molecule has 6 heteroatoms. The zero-order valence-corrected chi connectivity index (χ0v) is 9.28. The van der Waals surface area contributed by atoms with Crippen LogP contribution in [0.25, 0.3) is 6.08 Å². The lowest BCUT2D eigenvalue weighted by molar-refractivity contribution is -0.138. The van der Waals surface area contributed by atoms with Crippen LogP contribution in [0.2, 0.25) is 0 Å². The van der Waals surface area contributed by atoms with E-state index in [1.807, 2.05) is 0 Å². The van der Waals surface area contributed by atoms with Gasteiger partial charge in [-0.15, -0.1) is 0 Å². The molecule has 0 bridgehead atoms. The summed E-state index contributed by atoms with van der Waals surface area (Å²) in [6, 6.07) is 6.15. The van der Waals surface area contributed by atoms with Crippen LogP contribution in [0.1, 0.15) is 11.1 Å². The first-order valence-electron chi connectivity index (χ1n) is 4.76. The highest BCUT2D eigenvalue weighted by Gasteiger charge is 2.32. The van der Waals surface area contributed by atoms with E-state index in [0.717, 1.165) is 19.3 Å². The molecule has 0 aliphatic carbocycles. The first-order chi connectivity index (χ1) is 8.40. The van der Waals surface area contributed by atoms with Gasteiger partial charge in [0.25, 0.3) is 0 Å². The molecule has 0 atom stereocenters. The Morgan fingerprint density at radius 3 is 2.50 bits per heavy atom. The highest BCUT2D eigenvalue weighted by atomic mass is 19.4. The number of methoxy groups -OCH3 is 1. The van der Waals surface area contributed by atoms with Crippen LogP contribution in [0.5, 0.6) is 0 Å². The van der Waals surface area contributed by atoms with Crippen molar-refractivity contribution in [3.05, 3.63) is 41.0 Å². The predicted octanol–water partition coefficient (Wildman–Crippen LogP) is 2.79. The summed E-state index contributed by atoms with van der Waals surface area (Å²) in [6.45, 7) is 0. The molecule has 18 heavy (non-hydrogen) atoms. The van der Waals surface area contributed by atoms with Crippen molar-refractivity contribution in [1.82, 2.24) is 0 Å². The summed E-state index contributed by atoms with van der Waals surface area (Å²) in [5, 5.41) is 8.68. The average molecular weight is 255 g/mol. The lowest BCUT2D eigenvalue weighted by Gasteiger charge is -2.09. The number of hydrogen-bond donors (Lipinski definition) is 0. The number of carbonyl (C=O) groups excluding carboxylic acids is 1. The van der Waals surface area contributed by atoms with Crippen LogP contribution in [-0.4, -0.2) is 13.1 Å². The van der Waals surface area contributed by atoms with Crippen molar-refractivity contribution in [3.63, 3.8) is 0 Å². The van der Waals surface area contributed by atoms with E-state index in [1.165, 1.54) is 24.3 Å². The minimum atomic E-state index is -4.55. The van der Waals surface area contributed by atoms with E-state index in [0.29, 0.717) is 0 Å². The van der Waals surface area contributed by atoms with E-state index < -0.39 is 23.3 Å². The maximum absolute atomic E-state index is 12.7. The van der Waals surface area contributed by atoms with Gasteiger partial charge in [0.05, 0.1) is 12.7 Å². The zero-order chi connectivity index (χ0) is 13.8. The molecule has 1 aromatic carbocycles. The van der Waals surface area contributed by atoms with Gasteiger partial charge in [0.15, 0.2) is 0 Å². The largest absolute Gasteiger partial charge is 0.465 e. The monoisotopic (exact) mass is 255 g/mol. The van der Waals surface area contributed by atoms with Gasteiger partial charge in [0, 0.05) is 0 Å². The number of ether oxygens (including phenoxy) is 1. The van der Waals surface area contributed by atoms with Crippen molar-refractivity contribution in [2.24, 2.45) is 0 Å². The number of nitriles is 1. The fraction of sp³-hybridized carbons (Fsp3) is 0.167. The standard InChI is InChI=1S/C12H8F3NO2/c1-18-11(17)9(7-16)6-8-4-2-3-5-10(8)12(13,14)15/h2-6H,1H3/b9-6+. The van der Waals surface area contributed by atoms with E-state index >= 15 is 0 Å². The molecule has 0 saturated carbocycles. The van der Waals surface area contributed by atoms with E-state index in [4.69, 9.17) is 5.26 Å². The lowest BCUT2D eigenvalue weighted by Crippen LogP contribution is -2.08. The van der Waals surface area contributed by atoms with Crippen LogP contribution in [0.4, 0.5) is 13.2 Å². The normalized spacial score (nSPS) is 11.8. The van der Waals surface area contributed by atoms with Crippen molar-refractivity contribution in [1.29, 1.82) is 5.26 Å². The smallest absolute Gasteiger partial charge is 0.416 e. The quantitative estimate of drug-likeness (QED) is 0.464. The molecule has 1 rings (SSSR count). The molecule has 1 aromatic rings. The van der Waals surface area contributed by atoms with E-state index in [9.17, 15) is 18.0 Å². The van der Waals surface area contributed by atoms with Crippen LogP contribution >= 0.6 is 0 Å². The molecule has 94 valence electrons. The molecule has 3 nitrogen and oxygen atoms in total. The topological polar surface area (TPSA) is 50.1 Å². The Bertz CT molecular complexity index is 527. The second-order valence-electron chi connectivity index (χ2n) is 3.25. The molecule has 0 fully saturated rings. The van der Waals surface area contributed by atoms with Gasteiger partial charge in [-0.2, -0.15) is 18.4 Å². The highest BCUT2D eigenvalue weighted by Crippen LogP contribution is 2.32. The first-order valence-corrected chi connectivity index (χ1v) is 4.76. The van der Waals surface area contributed by atoms with Crippen LogP contribution in [0, 0.1) is 11.3 Å². The Kier molecular flexibility index (Phi) is 4.10. The average Bonchev–Trinajstić information content (AvgIpc) is 2.34. The number of alkyl halides is 3. The Hall–Kier alpha value is -2.29. The van der Waals surface area contributed by atoms with Crippen molar-refractivity contribution in [2.75, 3.05) is 7.11 Å². The Morgan fingerprint density at radius 1 is 1.39 bits per heavy atom. The summed E-state index contributed by atoms with van der Waals surface area (Å²) in [7, 11) is 1.04. The minimum Gasteiger partial charge on any atom is -0.465 e. The maximum Gasteiger partial charge on any atom is 0.416 e. The van der Waals surface area contributed by atoms with E-state index in [-0.39, 0.29) is 5.56 Å². The second-order valence-corrected chi connectivity index (χ2v) is 3.25. The van der Waals surface area contributed by atoms with Gasteiger partial charge in [0.2, 0.25) is 0 Å². The van der Waals surface area contributed by atoms with Crippen LogP contribution in [-0.2, 0) is 15.7 Å². The summed E-state index contributed by atoms with van der Waals surface area (Å²) in [6.07, 6.45) is -3.70. The summed E-state index contributed by atoms with van der Waals surface area (Å²) in [5.74, 6) is -0.977. The molecule has 0 amide bonds. The second kappa shape index (κ2) is 5.36. The molecule has 0 radical (unpaired) electrons.